The molecule has 0 aliphatic heterocycles. The Labute approximate surface area is 61.0 Å². The van der Waals surface area contributed by atoms with Crippen molar-refractivity contribution < 1.29 is 0 Å². The molecule has 1 aliphatic carbocycles. The van der Waals surface area contributed by atoms with E-state index in [-0.39, 0.29) is 9.90 Å². The van der Waals surface area contributed by atoms with E-state index in [1.807, 2.05) is 0 Å². The maximum atomic E-state index is 3.14. The van der Waals surface area contributed by atoms with Crippen LogP contribution in [0.1, 0.15) is 38.5 Å². The second-order valence-electron chi connectivity index (χ2n) is 2.27. The predicted molar refractivity (Wildman–Crippen MR) is 46.6 cm³/mol. The van der Waals surface area contributed by atoms with Gasteiger partial charge in [0.2, 0.25) is 0 Å². The molecule has 0 fully saturated rings. The molecule has 9 heavy (non-hydrogen) atoms. The van der Waals surface area contributed by atoms with Gasteiger partial charge in [0, 0.05) is 12.8 Å². The Balaban J connectivity index is 0.000000640. The summed E-state index contributed by atoms with van der Waals surface area (Å²) in [6, 6.07) is 0. The van der Waals surface area contributed by atoms with Gasteiger partial charge in [0.1, 0.15) is 0 Å². The molecule has 0 aromatic carbocycles. The Hall–Kier alpha value is -0.0100. The molecule has 1 unspecified atom stereocenters. The number of rotatable bonds is 0. The third-order valence-electron chi connectivity index (χ3n) is 1.48. The van der Waals surface area contributed by atoms with Crippen molar-refractivity contribution in [2.75, 3.05) is 0 Å². The minimum atomic E-state index is 0. The van der Waals surface area contributed by atoms with E-state index in [0.717, 1.165) is 12.8 Å². The summed E-state index contributed by atoms with van der Waals surface area (Å²) in [5.41, 5.74) is 0. The summed E-state index contributed by atoms with van der Waals surface area (Å²) in [5.74, 6) is 6.27. The van der Waals surface area contributed by atoms with E-state index >= 15 is 0 Å². The van der Waals surface area contributed by atoms with Crippen molar-refractivity contribution in [2.24, 2.45) is 0 Å². The van der Waals surface area contributed by atoms with Crippen molar-refractivity contribution in [1.29, 1.82) is 0 Å². The molecular weight excluding hydrogens is 127 g/mol. The zero-order valence-electron chi connectivity index (χ0n) is 5.95. The molecule has 0 aromatic rings. The Morgan fingerprint density at radius 1 is 0.667 bits per heavy atom. The topological polar surface area (TPSA) is 0 Å². The molecule has 0 saturated carbocycles. The van der Waals surface area contributed by atoms with Crippen LogP contribution < -0.4 is 0 Å². The summed E-state index contributed by atoms with van der Waals surface area (Å²) in [4.78, 5) is 0. The molecule has 1 heteroatoms. The summed E-state index contributed by atoms with van der Waals surface area (Å²) >= 11 is 0. The maximum absolute atomic E-state index is 3.14. The van der Waals surface area contributed by atoms with Crippen LogP contribution in [0.3, 0.4) is 0 Å². The smallest absolute Gasteiger partial charge is 0.00886 e. The molecule has 0 N–H and O–H groups in total. The maximum Gasteiger partial charge on any atom is 0.00886 e. The van der Waals surface area contributed by atoms with Crippen LogP contribution in [-0.2, 0) is 0 Å². The van der Waals surface area contributed by atoms with Crippen LogP contribution in [0, 0.1) is 11.8 Å². The van der Waals surface area contributed by atoms with Crippen molar-refractivity contribution >= 4 is 9.90 Å². The van der Waals surface area contributed by atoms with E-state index in [4.69, 9.17) is 0 Å². The number of hydrogen-bond acceptors (Lipinski definition) is 0. The van der Waals surface area contributed by atoms with Crippen molar-refractivity contribution in [1.82, 2.24) is 0 Å². The SMILES string of the molecule is C1#CCCCCCC1.P. The van der Waals surface area contributed by atoms with Crippen LogP contribution in [0.5, 0.6) is 0 Å². The Bertz CT molecular complexity index is 95.5. The van der Waals surface area contributed by atoms with E-state index in [1.54, 1.807) is 0 Å². The van der Waals surface area contributed by atoms with Gasteiger partial charge in [-0.3, -0.25) is 0 Å². The summed E-state index contributed by atoms with van der Waals surface area (Å²) in [6.45, 7) is 0. The lowest BCUT2D eigenvalue weighted by Gasteiger charge is -1.97. The molecule has 0 radical (unpaired) electrons. The van der Waals surface area contributed by atoms with Gasteiger partial charge in [-0.25, -0.2) is 0 Å². The second kappa shape index (κ2) is 6.12. The fraction of sp³-hybridized carbons (Fsp3) is 0.750. The van der Waals surface area contributed by atoms with E-state index in [2.05, 4.69) is 11.8 Å². The molecule has 1 aliphatic rings. The summed E-state index contributed by atoms with van der Waals surface area (Å²) in [6.07, 6.45) is 7.73. The minimum absolute atomic E-state index is 0. The lowest BCUT2D eigenvalue weighted by molar-refractivity contribution is 0.652. The Morgan fingerprint density at radius 2 is 1.11 bits per heavy atom. The standard InChI is InChI=1S/C8H12.H3P/c1-2-4-6-8-7-5-3-1;/h1-6H2;1H3. The number of hydrogen-bond donors (Lipinski definition) is 0. The summed E-state index contributed by atoms with van der Waals surface area (Å²) in [7, 11) is 0. The second-order valence-corrected chi connectivity index (χ2v) is 2.27. The van der Waals surface area contributed by atoms with E-state index in [9.17, 15) is 0 Å². The van der Waals surface area contributed by atoms with Gasteiger partial charge in [-0.1, -0.05) is 12.8 Å². The van der Waals surface area contributed by atoms with Gasteiger partial charge in [0.05, 0.1) is 0 Å². The minimum Gasteiger partial charge on any atom is -0.153 e. The highest BCUT2D eigenvalue weighted by atomic mass is 31.0. The third-order valence-corrected chi connectivity index (χ3v) is 1.48. The van der Waals surface area contributed by atoms with Crippen LogP contribution in [0.15, 0.2) is 0 Å². The van der Waals surface area contributed by atoms with Gasteiger partial charge in [-0.05, 0) is 12.8 Å². The van der Waals surface area contributed by atoms with Crippen LogP contribution >= 0.6 is 9.90 Å². The molecular formula is C8H15P. The van der Waals surface area contributed by atoms with E-state index < -0.39 is 0 Å². The molecule has 1 atom stereocenters. The normalized spacial score (nSPS) is 17.8. The lowest BCUT2D eigenvalue weighted by atomic mass is 10.1. The molecule has 1 rings (SSSR count). The van der Waals surface area contributed by atoms with Gasteiger partial charge in [0.15, 0.2) is 0 Å². The average Bonchev–Trinajstić information content (AvgIpc) is 1.62. The molecule has 0 aromatic heterocycles. The molecule has 0 bridgehead atoms. The fourth-order valence-electron chi connectivity index (χ4n) is 0.957. The molecule has 0 nitrogen and oxygen atoms in total. The van der Waals surface area contributed by atoms with Crippen LogP contribution in [0.4, 0.5) is 0 Å². The van der Waals surface area contributed by atoms with Gasteiger partial charge in [-0.15, -0.1) is 11.8 Å². The lowest BCUT2D eigenvalue weighted by Crippen LogP contribution is -1.80. The highest BCUT2D eigenvalue weighted by Gasteiger charge is 1.89. The van der Waals surface area contributed by atoms with Crippen LogP contribution in [-0.4, -0.2) is 0 Å². The first-order valence-corrected chi connectivity index (χ1v) is 3.46. The van der Waals surface area contributed by atoms with Gasteiger partial charge in [-0.2, -0.15) is 9.90 Å². The predicted octanol–water partition coefficient (Wildman–Crippen LogP) is 2.40. The van der Waals surface area contributed by atoms with Gasteiger partial charge < -0.3 is 0 Å². The van der Waals surface area contributed by atoms with Crippen LogP contribution in [0.25, 0.3) is 0 Å². The highest BCUT2D eigenvalue weighted by molar-refractivity contribution is 6.92. The fourth-order valence-corrected chi connectivity index (χ4v) is 0.957. The summed E-state index contributed by atoms with van der Waals surface area (Å²) < 4.78 is 0. The van der Waals surface area contributed by atoms with E-state index in [0.29, 0.717) is 0 Å². The zero-order valence-corrected chi connectivity index (χ0v) is 7.36. The Kier molecular flexibility index (Phi) is 6.11. The van der Waals surface area contributed by atoms with Crippen molar-refractivity contribution in [2.45, 2.75) is 38.5 Å². The van der Waals surface area contributed by atoms with Gasteiger partial charge >= 0.3 is 0 Å². The molecule has 0 spiro atoms. The third kappa shape index (κ3) is 4.49. The highest BCUT2D eigenvalue weighted by Crippen LogP contribution is 2.06. The van der Waals surface area contributed by atoms with Crippen LogP contribution in [0.2, 0.25) is 0 Å². The molecule has 0 heterocycles. The van der Waals surface area contributed by atoms with E-state index in [1.165, 1.54) is 25.7 Å². The quantitative estimate of drug-likeness (QED) is 0.360. The first-order chi connectivity index (χ1) is 4.00. The van der Waals surface area contributed by atoms with Crippen molar-refractivity contribution in [3.8, 4) is 11.8 Å². The van der Waals surface area contributed by atoms with Crippen molar-refractivity contribution in [3.63, 3.8) is 0 Å². The molecule has 0 saturated heterocycles. The van der Waals surface area contributed by atoms with Crippen molar-refractivity contribution in [3.05, 3.63) is 0 Å². The monoisotopic (exact) mass is 142 g/mol. The molecule has 0 amide bonds. The first-order valence-electron chi connectivity index (χ1n) is 3.46. The summed E-state index contributed by atoms with van der Waals surface area (Å²) in [5, 5.41) is 0. The van der Waals surface area contributed by atoms with Gasteiger partial charge in [0.25, 0.3) is 0 Å². The Morgan fingerprint density at radius 3 is 1.56 bits per heavy atom. The largest absolute Gasteiger partial charge is 0.153 e. The first kappa shape index (κ1) is 8.99. The zero-order chi connectivity index (χ0) is 5.66. The average molecular weight is 142 g/mol. The molecule has 52 valence electrons.